The molecule has 2 heterocycles. The Hall–Kier alpha value is -3.00. The average Bonchev–Trinajstić information content (AvgIpc) is 3.86. The van der Waals surface area contributed by atoms with Crippen molar-refractivity contribution in [2.45, 2.75) is 150 Å². The van der Waals surface area contributed by atoms with Crippen LogP contribution in [-0.2, 0) is 78.8 Å². The van der Waals surface area contributed by atoms with Gasteiger partial charge in [-0.2, -0.15) is 0 Å². The fourth-order valence-corrected chi connectivity index (χ4v) is 14.7. The lowest BCUT2D eigenvalue weighted by molar-refractivity contribution is -0.116. The van der Waals surface area contributed by atoms with E-state index in [4.69, 9.17) is 9.56 Å². The molecule has 4 aromatic rings. The van der Waals surface area contributed by atoms with Gasteiger partial charge in [-0.05, 0) is 184 Å². The predicted octanol–water partition coefficient (Wildman–Crippen LogP) is 10.4. The molecular formula is C48H62N2O6S4. The molecule has 60 heavy (non-hydrogen) atoms. The number of hydrogen-bond acceptors (Lipinski definition) is 10. The number of hydrogen-bond donors (Lipinski definition) is 4. The van der Waals surface area contributed by atoms with Gasteiger partial charge >= 0.3 is 0 Å². The lowest BCUT2D eigenvalue weighted by Gasteiger charge is -2.20. The Morgan fingerprint density at radius 1 is 0.633 bits per heavy atom. The highest BCUT2D eigenvalue weighted by Gasteiger charge is 2.34. The van der Waals surface area contributed by atoms with E-state index < -0.39 is 30.7 Å². The monoisotopic (exact) mass is 890 g/mol. The molecule has 0 aliphatic heterocycles. The number of aryl methyl sites for hydroxylation is 2. The Kier molecular flexibility index (Phi) is 13.0. The van der Waals surface area contributed by atoms with Crippen LogP contribution in [0.1, 0.15) is 146 Å². The topological polar surface area (TPSA) is 156 Å². The van der Waals surface area contributed by atoms with Crippen LogP contribution in [0.15, 0.2) is 56.9 Å². The van der Waals surface area contributed by atoms with Crippen LogP contribution >= 0.6 is 22.7 Å². The van der Waals surface area contributed by atoms with Crippen LogP contribution < -0.4 is 0 Å². The maximum atomic E-state index is 13.1. The summed E-state index contributed by atoms with van der Waals surface area (Å²) in [5.41, 5.74) is 8.12. The quantitative estimate of drug-likeness (QED) is 0.0877. The number of carbonyl (C=O) groups excluding carboxylic acids is 2. The summed E-state index contributed by atoms with van der Waals surface area (Å²) >= 11 is 2.34. The summed E-state index contributed by atoms with van der Waals surface area (Å²) in [6.45, 7) is 11.2. The van der Waals surface area contributed by atoms with Gasteiger partial charge in [-0.25, -0.2) is 18.0 Å². The molecule has 4 atom stereocenters. The highest BCUT2D eigenvalue weighted by molar-refractivity contribution is 7.95. The third kappa shape index (κ3) is 10.3. The van der Waals surface area contributed by atoms with E-state index in [9.17, 15) is 28.2 Å². The first-order valence-corrected chi connectivity index (χ1v) is 26.7. The van der Waals surface area contributed by atoms with E-state index in [-0.39, 0.29) is 35.9 Å². The van der Waals surface area contributed by atoms with Crippen molar-refractivity contribution in [1.82, 2.24) is 0 Å². The molecular weight excluding hydrogens is 829 g/mol. The Morgan fingerprint density at radius 3 is 1.32 bits per heavy atom. The Morgan fingerprint density at radius 2 is 1.00 bits per heavy atom. The molecule has 2 aromatic carbocycles. The van der Waals surface area contributed by atoms with Crippen molar-refractivity contribution < 1.29 is 28.2 Å². The lowest BCUT2D eigenvalue weighted by Crippen LogP contribution is -2.19. The third-order valence-corrected chi connectivity index (χ3v) is 20.5. The highest BCUT2D eigenvalue weighted by atomic mass is 32.2. The number of rotatable bonds is 16. The van der Waals surface area contributed by atoms with Crippen molar-refractivity contribution in [2.24, 2.45) is 11.8 Å². The van der Waals surface area contributed by atoms with Gasteiger partial charge in [0.15, 0.2) is 11.6 Å². The lowest BCUT2D eigenvalue weighted by atomic mass is 9.86. The Labute approximate surface area is 365 Å². The molecule has 2 fully saturated rings. The number of benzene rings is 2. The van der Waals surface area contributed by atoms with Gasteiger partial charge in [0, 0.05) is 22.6 Å². The van der Waals surface area contributed by atoms with Crippen LogP contribution in [0.3, 0.4) is 0 Å². The van der Waals surface area contributed by atoms with Gasteiger partial charge in [0.25, 0.3) is 0 Å². The van der Waals surface area contributed by atoms with Crippen LogP contribution in [0, 0.1) is 21.4 Å². The molecule has 8 rings (SSSR count). The summed E-state index contributed by atoms with van der Waals surface area (Å²) in [4.78, 5) is 27.4. The molecule has 4 aliphatic carbocycles. The number of fused-ring (bicyclic) bond motifs is 2. The van der Waals surface area contributed by atoms with Crippen LogP contribution in [-0.4, -0.2) is 41.7 Å². The standard InChI is InChI=1S/2C24H31NO3S2/c2*1-15(16-7-8-16)19-10-9-17-5-4-6-20(17)21(19)13-18(26)14-30(25,28)23-12-11-22(29-23)24(2,3)27/h2*9-12,15-16,25,27H,4-8,13-14H2,1-3H3/t15-,30+;15-,30-/m11/s1. The summed E-state index contributed by atoms with van der Waals surface area (Å²) in [6.07, 6.45) is 12.0. The minimum absolute atomic E-state index is 0.127. The van der Waals surface area contributed by atoms with Gasteiger partial charge in [0.2, 0.25) is 0 Å². The van der Waals surface area contributed by atoms with Crippen molar-refractivity contribution in [2.75, 3.05) is 11.5 Å². The van der Waals surface area contributed by atoms with Crippen LogP contribution in [0.25, 0.3) is 0 Å². The minimum Gasteiger partial charge on any atom is -0.385 e. The van der Waals surface area contributed by atoms with Gasteiger partial charge in [-0.3, -0.25) is 9.59 Å². The molecule has 0 amide bonds. The number of thiophene rings is 2. The largest absolute Gasteiger partial charge is 0.385 e. The predicted molar refractivity (Wildman–Crippen MR) is 244 cm³/mol. The second kappa shape index (κ2) is 17.3. The summed E-state index contributed by atoms with van der Waals surface area (Å²) in [5.74, 6) is 1.54. The first-order valence-electron chi connectivity index (χ1n) is 21.6. The van der Waals surface area contributed by atoms with E-state index in [0.29, 0.717) is 41.8 Å². The Bertz CT molecular complexity index is 2320. The average molecular weight is 891 g/mol. The molecule has 4 N–H and O–H groups in total. The third-order valence-electron chi connectivity index (χ3n) is 13.0. The number of nitrogens with one attached hydrogen (secondary N) is 2. The number of Topliss-reactive ketones (excluding diaryl/α,β-unsaturated/α-hetero) is 2. The SMILES string of the molecule is C[C@@H](c1ccc2c(c1CC(=O)C[S@@](=N)(=O)c1ccc(C(C)(C)O)s1)CCC2)C1CC1.C[C@@H](c1ccc2c(c1CC(=O)C[S@](=N)(=O)c1ccc(C(C)(C)O)s1)CCC2)C1CC1. The van der Waals surface area contributed by atoms with E-state index in [1.165, 1.54) is 81.7 Å². The summed E-state index contributed by atoms with van der Waals surface area (Å²) in [6, 6.07) is 15.6. The van der Waals surface area contributed by atoms with Crippen molar-refractivity contribution in [3.63, 3.8) is 0 Å². The van der Waals surface area contributed by atoms with Crippen molar-refractivity contribution in [1.29, 1.82) is 9.56 Å². The molecule has 324 valence electrons. The van der Waals surface area contributed by atoms with Gasteiger partial charge < -0.3 is 10.2 Å². The van der Waals surface area contributed by atoms with Crippen molar-refractivity contribution in [3.05, 3.63) is 103 Å². The number of ketones is 2. The fraction of sp³-hybridized carbons (Fsp3) is 0.542. The van der Waals surface area contributed by atoms with Gasteiger partial charge in [-0.1, -0.05) is 38.1 Å². The molecule has 0 spiro atoms. The Balaban J connectivity index is 0.000000181. The minimum atomic E-state index is -3.21. The maximum Gasteiger partial charge on any atom is 0.151 e. The van der Waals surface area contributed by atoms with E-state index >= 15 is 0 Å². The molecule has 0 unspecified atom stereocenters. The molecule has 12 heteroatoms. The van der Waals surface area contributed by atoms with Crippen LogP contribution in [0.2, 0.25) is 0 Å². The molecule has 0 radical (unpaired) electrons. The van der Waals surface area contributed by atoms with Crippen LogP contribution in [0.4, 0.5) is 0 Å². The summed E-state index contributed by atoms with van der Waals surface area (Å²) in [5, 5.41) is 20.3. The normalized spacial score (nSPS) is 19.3. The molecule has 8 nitrogen and oxygen atoms in total. The van der Waals surface area contributed by atoms with Crippen LogP contribution in [0.5, 0.6) is 0 Å². The zero-order chi connectivity index (χ0) is 43.4. The first-order chi connectivity index (χ1) is 28.1. The van der Waals surface area contributed by atoms with Gasteiger partial charge in [0.05, 0.1) is 42.2 Å². The number of carbonyl (C=O) groups is 2. The van der Waals surface area contributed by atoms with E-state index in [0.717, 1.165) is 49.7 Å². The summed E-state index contributed by atoms with van der Waals surface area (Å²) in [7, 11) is -6.42. The molecule has 0 saturated heterocycles. The molecule has 0 bridgehead atoms. The summed E-state index contributed by atoms with van der Waals surface area (Å²) < 4.78 is 43.7. The van der Waals surface area contributed by atoms with E-state index in [2.05, 4.69) is 38.1 Å². The second-order valence-corrected chi connectivity index (χ2v) is 25.8. The van der Waals surface area contributed by atoms with E-state index in [1.807, 2.05) is 0 Å². The van der Waals surface area contributed by atoms with Crippen molar-refractivity contribution in [3.8, 4) is 0 Å². The second-order valence-electron chi connectivity index (χ2n) is 18.9. The molecule has 2 aromatic heterocycles. The first kappa shape index (κ1) is 45.0. The smallest absolute Gasteiger partial charge is 0.151 e. The maximum absolute atomic E-state index is 13.1. The van der Waals surface area contributed by atoms with Gasteiger partial charge in [-0.15, -0.1) is 22.7 Å². The zero-order valence-electron chi connectivity index (χ0n) is 36.0. The fourth-order valence-electron chi connectivity index (χ4n) is 9.24. The molecule has 2 saturated carbocycles. The number of aliphatic hydroxyl groups is 2. The highest BCUT2D eigenvalue weighted by Crippen LogP contribution is 2.46. The van der Waals surface area contributed by atoms with Crippen molar-refractivity contribution >= 4 is 53.7 Å². The zero-order valence-corrected chi connectivity index (χ0v) is 39.3. The molecule has 4 aliphatic rings. The van der Waals surface area contributed by atoms with E-state index in [1.54, 1.807) is 52.0 Å². The van der Waals surface area contributed by atoms with Gasteiger partial charge in [0.1, 0.15) is 8.42 Å².